The van der Waals surface area contributed by atoms with Crippen molar-refractivity contribution in [2.24, 2.45) is 17.8 Å². The Labute approximate surface area is 129 Å². The van der Waals surface area contributed by atoms with Crippen LogP contribution in [0.1, 0.15) is 38.6 Å². The number of nitrogens with one attached hydrogen (secondary N) is 1. The van der Waals surface area contributed by atoms with Crippen LogP contribution in [0, 0.1) is 22.5 Å². The maximum absolute atomic E-state index is 5.49. The molecule has 110 valence electrons. The minimum Gasteiger partial charge on any atom is -0.296 e. The molecule has 0 radical (unpaired) electrons. The molecule has 2 fully saturated rings. The van der Waals surface area contributed by atoms with Crippen molar-refractivity contribution in [1.29, 1.82) is 0 Å². The van der Waals surface area contributed by atoms with Crippen molar-refractivity contribution in [3.05, 3.63) is 29.2 Å². The van der Waals surface area contributed by atoms with Crippen LogP contribution in [0.2, 0.25) is 0 Å². The van der Waals surface area contributed by atoms with Crippen molar-refractivity contribution in [1.82, 2.24) is 19.7 Å². The number of aromatic amines is 1. The quantitative estimate of drug-likeness (QED) is 0.872. The van der Waals surface area contributed by atoms with E-state index in [1.165, 1.54) is 25.7 Å². The molecular formula is C16H20N4S. The SMILES string of the molecule is CC(C1CC2CCC1C2)n1c(-c2ccccn2)n[nH]c1=S. The molecule has 5 heteroatoms. The van der Waals surface area contributed by atoms with E-state index >= 15 is 0 Å². The predicted octanol–water partition coefficient (Wildman–Crippen LogP) is 4.00. The number of fused-ring (bicyclic) bond motifs is 2. The van der Waals surface area contributed by atoms with E-state index in [2.05, 4.69) is 26.7 Å². The maximum atomic E-state index is 5.49. The monoisotopic (exact) mass is 300 g/mol. The summed E-state index contributed by atoms with van der Waals surface area (Å²) >= 11 is 5.49. The van der Waals surface area contributed by atoms with E-state index in [0.29, 0.717) is 10.8 Å². The van der Waals surface area contributed by atoms with Gasteiger partial charge < -0.3 is 0 Å². The Kier molecular flexibility index (Phi) is 3.17. The highest BCUT2D eigenvalue weighted by Gasteiger charge is 2.42. The molecular weight excluding hydrogens is 280 g/mol. The summed E-state index contributed by atoms with van der Waals surface area (Å²) in [6.07, 6.45) is 7.39. The maximum Gasteiger partial charge on any atom is 0.195 e. The Morgan fingerprint density at radius 1 is 1.33 bits per heavy atom. The first-order valence-corrected chi connectivity index (χ1v) is 8.23. The molecule has 2 aliphatic carbocycles. The molecule has 2 aromatic heterocycles. The van der Waals surface area contributed by atoms with Crippen LogP contribution >= 0.6 is 12.2 Å². The number of pyridine rings is 1. The summed E-state index contributed by atoms with van der Waals surface area (Å²) in [5.74, 6) is 3.42. The van der Waals surface area contributed by atoms with Crippen molar-refractivity contribution >= 4 is 12.2 Å². The van der Waals surface area contributed by atoms with Crippen molar-refractivity contribution in [3.63, 3.8) is 0 Å². The van der Waals surface area contributed by atoms with Gasteiger partial charge in [0.1, 0.15) is 5.69 Å². The Morgan fingerprint density at radius 2 is 2.24 bits per heavy atom. The Bertz CT molecular complexity index is 690. The van der Waals surface area contributed by atoms with Gasteiger partial charge >= 0.3 is 0 Å². The molecule has 4 unspecified atom stereocenters. The van der Waals surface area contributed by atoms with Gasteiger partial charge in [0, 0.05) is 12.2 Å². The molecule has 4 nitrogen and oxygen atoms in total. The molecule has 0 aliphatic heterocycles. The third-order valence-electron chi connectivity index (χ3n) is 5.42. The molecule has 1 N–H and O–H groups in total. The van der Waals surface area contributed by atoms with Crippen LogP contribution in [0.5, 0.6) is 0 Å². The molecule has 2 bridgehead atoms. The van der Waals surface area contributed by atoms with Crippen LogP contribution in [0.15, 0.2) is 24.4 Å². The van der Waals surface area contributed by atoms with E-state index in [1.807, 2.05) is 18.2 Å². The van der Waals surface area contributed by atoms with Crippen LogP contribution < -0.4 is 0 Å². The lowest BCUT2D eigenvalue weighted by Gasteiger charge is -2.29. The van der Waals surface area contributed by atoms with Crippen LogP contribution in [0.4, 0.5) is 0 Å². The van der Waals surface area contributed by atoms with E-state index in [-0.39, 0.29) is 0 Å². The van der Waals surface area contributed by atoms with Gasteiger partial charge in [0.25, 0.3) is 0 Å². The van der Waals surface area contributed by atoms with E-state index < -0.39 is 0 Å². The molecule has 0 aromatic carbocycles. The lowest BCUT2D eigenvalue weighted by atomic mass is 9.84. The van der Waals surface area contributed by atoms with E-state index in [0.717, 1.165) is 29.3 Å². The second kappa shape index (κ2) is 5.05. The molecule has 4 atom stereocenters. The van der Waals surface area contributed by atoms with Gasteiger partial charge in [0.15, 0.2) is 10.6 Å². The first kappa shape index (κ1) is 13.2. The molecule has 2 heterocycles. The fourth-order valence-electron chi connectivity index (χ4n) is 4.43. The third-order valence-corrected chi connectivity index (χ3v) is 5.71. The van der Waals surface area contributed by atoms with Gasteiger partial charge in [-0.2, -0.15) is 5.10 Å². The largest absolute Gasteiger partial charge is 0.296 e. The number of H-pyrrole nitrogens is 1. The van der Waals surface area contributed by atoms with Crippen LogP contribution in [-0.2, 0) is 0 Å². The zero-order chi connectivity index (χ0) is 14.4. The highest BCUT2D eigenvalue weighted by atomic mass is 32.1. The first-order chi connectivity index (χ1) is 10.2. The van der Waals surface area contributed by atoms with Gasteiger partial charge in [0.05, 0.1) is 0 Å². The van der Waals surface area contributed by atoms with E-state index in [1.54, 1.807) is 6.20 Å². The summed E-state index contributed by atoms with van der Waals surface area (Å²) in [5, 5.41) is 7.38. The summed E-state index contributed by atoms with van der Waals surface area (Å²) < 4.78 is 2.90. The summed E-state index contributed by atoms with van der Waals surface area (Å²) in [6, 6.07) is 6.30. The van der Waals surface area contributed by atoms with Crippen molar-refractivity contribution in [3.8, 4) is 11.5 Å². The van der Waals surface area contributed by atoms with Gasteiger partial charge in [-0.1, -0.05) is 12.5 Å². The third kappa shape index (κ3) is 2.14. The Hall–Kier alpha value is -1.49. The summed E-state index contributed by atoms with van der Waals surface area (Å²) in [7, 11) is 0. The lowest BCUT2D eigenvalue weighted by molar-refractivity contribution is 0.242. The van der Waals surface area contributed by atoms with Crippen LogP contribution in [0.3, 0.4) is 0 Å². The minimum absolute atomic E-state index is 0.392. The number of hydrogen-bond donors (Lipinski definition) is 1. The number of nitrogens with zero attached hydrogens (tertiary/aromatic N) is 3. The Morgan fingerprint density at radius 3 is 2.90 bits per heavy atom. The minimum atomic E-state index is 0.392. The Balaban J connectivity index is 1.72. The van der Waals surface area contributed by atoms with Crippen molar-refractivity contribution in [2.45, 2.75) is 38.6 Å². The smallest absolute Gasteiger partial charge is 0.195 e. The zero-order valence-corrected chi connectivity index (χ0v) is 13.0. The van der Waals surface area contributed by atoms with E-state index in [4.69, 9.17) is 12.2 Å². The average Bonchev–Trinajstić information content (AvgIpc) is 3.22. The second-order valence-electron chi connectivity index (χ2n) is 6.52. The van der Waals surface area contributed by atoms with Gasteiger partial charge in [-0.05, 0) is 68.3 Å². The molecule has 0 amide bonds. The average molecular weight is 300 g/mol. The second-order valence-corrected chi connectivity index (χ2v) is 6.90. The van der Waals surface area contributed by atoms with Gasteiger partial charge in [-0.3, -0.25) is 14.6 Å². The van der Waals surface area contributed by atoms with Crippen LogP contribution in [0.25, 0.3) is 11.5 Å². The predicted molar refractivity (Wildman–Crippen MR) is 84.3 cm³/mol. The normalized spacial score (nSPS) is 28.9. The highest BCUT2D eigenvalue weighted by molar-refractivity contribution is 7.71. The highest BCUT2D eigenvalue weighted by Crippen LogP contribution is 2.52. The lowest BCUT2D eigenvalue weighted by Crippen LogP contribution is -2.23. The van der Waals surface area contributed by atoms with Gasteiger partial charge in [-0.25, -0.2) is 0 Å². The zero-order valence-electron chi connectivity index (χ0n) is 12.2. The molecule has 2 aromatic rings. The topological polar surface area (TPSA) is 46.5 Å². The molecule has 0 saturated heterocycles. The fourth-order valence-corrected chi connectivity index (χ4v) is 4.73. The molecule has 0 spiro atoms. The number of aromatic nitrogens is 4. The first-order valence-electron chi connectivity index (χ1n) is 7.82. The van der Waals surface area contributed by atoms with Gasteiger partial charge in [0.2, 0.25) is 0 Å². The summed E-state index contributed by atoms with van der Waals surface area (Å²) in [6.45, 7) is 2.29. The van der Waals surface area contributed by atoms with Crippen molar-refractivity contribution in [2.75, 3.05) is 0 Å². The van der Waals surface area contributed by atoms with Crippen molar-refractivity contribution < 1.29 is 0 Å². The summed E-state index contributed by atoms with van der Waals surface area (Å²) in [4.78, 5) is 4.43. The molecule has 2 aliphatic rings. The fraction of sp³-hybridized carbons (Fsp3) is 0.562. The molecule has 21 heavy (non-hydrogen) atoms. The van der Waals surface area contributed by atoms with Crippen LogP contribution in [-0.4, -0.2) is 19.7 Å². The standard InChI is InChI=1S/C16H20N4S/c1-10(13-9-11-5-6-12(13)8-11)20-15(18-19-16(20)21)14-4-2-3-7-17-14/h2-4,7,10-13H,5-6,8-9H2,1H3,(H,19,21). The van der Waals surface area contributed by atoms with E-state index in [9.17, 15) is 0 Å². The molecule has 2 saturated carbocycles. The number of hydrogen-bond acceptors (Lipinski definition) is 3. The molecule has 4 rings (SSSR count). The number of rotatable bonds is 3. The summed E-state index contributed by atoms with van der Waals surface area (Å²) in [5.41, 5.74) is 0.889. The van der Waals surface area contributed by atoms with Gasteiger partial charge in [-0.15, -0.1) is 0 Å².